The summed E-state index contributed by atoms with van der Waals surface area (Å²) in [6.45, 7) is 3.69. The normalized spacial score (nSPS) is 30.7. The third kappa shape index (κ3) is 4.50. The predicted molar refractivity (Wildman–Crippen MR) is 153 cm³/mol. The smallest absolute Gasteiger partial charge is 0.249 e. The number of likely N-dealkylation sites (tertiary alicyclic amines) is 1. The van der Waals surface area contributed by atoms with Crippen molar-refractivity contribution in [2.24, 2.45) is 11.8 Å². The molecular weight excluding hydrogens is 518 g/mol. The Kier molecular flexibility index (Phi) is 7.30. The third-order valence-electron chi connectivity index (χ3n) is 9.10. The molecule has 8 nitrogen and oxygen atoms in total. The van der Waals surface area contributed by atoms with E-state index in [-0.39, 0.29) is 30.9 Å². The summed E-state index contributed by atoms with van der Waals surface area (Å²) >= 11 is 0. The number of benzene rings is 2. The molecule has 2 aromatic carbocycles. The minimum atomic E-state index is -1.29. The second-order valence-corrected chi connectivity index (χ2v) is 11.4. The van der Waals surface area contributed by atoms with Crippen LogP contribution in [0.5, 0.6) is 0 Å². The average molecular weight is 556 g/mol. The predicted octanol–water partition coefficient (Wildman–Crippen LogP) is 2.93. The minimum Gasteiger partial charge on any atom is -0.396 e. The highest BCUT2D eigenvalue weighted by Gasteiger charge is 2.75. The lowest BCUT2D eigenvalue weighted by atomic mass is 9.73. The molecule has 1 unspecified atom stereocenters. The largest absolute Gasteiger partial charge is 0.396 e. The van der Waals surface area contributed by atoms with E-state index in [4.69, 9.17) is 4.74 Å². The van der Waals surface area contributed by atoms with Gasteiger partial charge in [-0.15, -0.1) is 0 Å². The van der Waals surface area contributed by atoms with E-state index < -0.39 is 29.1 Å². The molecule has 214 valence electrons. The standard InChI is InChI=1S/C33H37N3O5/c1-2-32-16-9-18-34(22-24-12-5-3-6-13-24)29(38)26(32)27-30(39)36(20-11-21-37)28-31(40)35(19-10-17-33(27,28)41-32)23-25-14-7-4-8-15-25/h3-10,12-17,26-28,37H,2,11,18-23H2,1H3/t26-,27+,28?,32+,33+/m1/s1. The number of carbonyl (C=O) groups is 3. The van der Waals surface area contributed by atoms with Crippen LogP contribution in [-0.2, 0) is 32.2 Å². The van der Waals surface area contributed by atoms with Gasteiger partial charge < -0.3 is 24.5 Å². The Morgan fingerprint density at radius 3 is 1.98 bits per heavy atom. The fraction of sp³-hybridized carbons (Fsp3) is 0.424. The van der Waals surface area contributed by atoms with E-state index in [0.717, 1.165) is 11.1 Å². The minimum absolute atomic E-state index is 0.109. The Hall–Kier alpha value is -3.75. The second-order valence-electron chi connectivity index (χ2n) is 11.4. The summed E-state index contributed by atoms with van der Waals surface area (Å²) < 4.78 is 7.00. The quantitative estimate of drug-likeness (QED) is 0.506. The van der Waals surface area contributed by atoms with Gasteiger partial charge in [-0.3, -0.25) is 14.4 Å². The van der Waals surface area contributed by atoms with E-state index >= 15 is 0 Å². The Bertz CT molecular complexity index is 1360. The van der Waals surface area contributed by atoms with Crippen molar-refractivity contribution in [1.82, 2.24) is 14.7 Å². The summed E-state index contributed by atoms with van der Waals surface area (Å²) in [5.41, 5.74) is -0.298. The van der Waals surface area contributed by atoms with Crippen molar-refractivity contribution in [3.05, 3.63) is 96.1 Å². The Morgan fingerprint density at radius 1 is 0.805 bits per heavy atom. The SMILES string of the molecule is CC[C@]12C=CCN(Cc3ccccc3)C(=O)[C@H]1[C@H]1C(=O)N(CCCO)C3C(=O)N(Cc4ccccc4)CC=C[C@@]31O2. The van der Waals surface area contributed by atoms with Crippen LogP contribution < -0.4 is 0 Å². The van der Waals surface area contributed by atoms with Gasteiger partial charge in [-0.25, -0.2) is 0 Å². The zero-order valence-corrected chi connectivity index (χ0v) is 23.4. The second kappa shape index (κ2) is 10.9. The van der Waals surface area contributed by atoms with Gasteiger partial charge in [0.2, 0.25) is 17.7 Å². The first kappa shape index (κ1) is 27.4. The number of hydrogen-bond acceptors (Lipinski definition) is 5. The van der Waals surface area contributed by atoms with Crippen molar-refractivity contribution in [2.75, 3.05) is 26.2 Å². The van der Waals surface area contributed by atoms with E-state index in [1.54, 1.807) is 14.7 Å². The Balaban J connectivity index is 1.41. The van der Waals surface area contributed by atoms with E-state index in [1.807, 2.05) is 91.9 Å². The van der Waals surface area contributed by atoms with E-state index in [2.05, 4.69) is 0 Å². The molecule has 0 bridgehead atoms. The highest BCUT2D eigenvalue weighted by Crippen LogP contribution is 2.58. The van der Waals surface area contributed by atoms with Crippen molar-refractivity contribution in [3.8, 4) is 0 Å². The molecule has 0 saturated carbocycles. The van der Waals surface area contributed by atoms with E-state index in [0.29, 0.717) is 39.0 Å². The monoisotopic (exact) mass is 555 g/mol. The fourth-order valence-corrected chi connectivity index (χ4v) is 7.23. The zero-order valence-electron chi connectivity index (χ0n) is 23.4. The maximum atomic E-state index is 14.4. The molecule has 0 aliphatic carbocycles. The van der Waals surface area contributed by atoms with Crippen LogP contribution in [0.2, 0.25) is 0 Å². The van der Waals surface area contributed by atoms with Crippen LogP contribution >= 0.6 is 0 Å². The average Bonchev–Trinajstić information content (AvgIpc) is 3.29. The first-order valence-electron chi connectivity index (χ1n) is 14.6. The molecule has 3 amide bonds. The Labute approximate surface area is 240 Å². The van der Waals surface area contributed by atoms with Gasteiger partial charge in [0.05, 0.1) is 17.4 Å². The lowest BCUT2D eigenvalue weighted by Gasteiger charge is -2.38. The van der Waals surface area contributed by atoms with Crippen molar-refractivity contribution in [3.63, 3.8) is 0 Å². The number of aliphatic hydroxyl groups is 1. The van der Waals surface area contributed by atoms with E-state index in [9.17, 15) is 19.5 Å². The van der Waals surface area contributed by atoms with Crippen LogP contribution in [-0.4, -0.2) is 81.0 Å². The summed E-state index contributed by atoms with van der Waals surface area (Å²) in [5, 5.41) is 9.65. The van der Waals surface area contributed by atoms with Crippen molar-refractivity contribution >= 4 is 17.7 Å². The van der Waals surface area contributed by atoms with E-state index in [1.165, 1.54) is 0 Å². The first-order valence-corrected chi connectivity index (χ1v) is 14.6. The van der Waals surface area contributed by atoms with Gasteiger partial charge in [0.1, 0.15) is 11.6 Å². The van der Waals surface area contributed by atoms with Gasteiger partial charge in [-0.05, 0) is 24.0 Å². The summed E-state index contributed by atoms with van der Waals surface area (Å²) in [7, 11) is 0. The molecule has 2 saturated heterocycles. The lowest BCUT2D eigenvalue weighted by molar-refractivity contribution is -0.154. The van der Waals surface area contributed by atoms with Crippen molar-refractivity contribution < 1.29 is 24.2 Å². The molecule has 1 N–H and O–H groups in total. The van der Waals surface area contributed by atoms with Crippen LogP contribution in [0.15, 0.2) is 85.0 Å². The molecule has 41 heavy (non-hydrogen) atoms. The van der Waals surface area contributed by atoms with Crippen LogP contribution in [0.3, 0.4) is 0 Å². The van der Waals surface area contributed by atoms with Gasteiger partial charge in [0.15, 0.2) is 0 Å². The number of amides is 3. The van der Waals surface area contributed by atoms with Crippen molar-refractivity contribution in [1.29, 1.82) is 0 Å². The van der Waals surface area contributed by atoms with Gasteiger partial charge in [-0.1, -0.05) is 91.9 Å². The summed E-state index contributed by atoms with van der Waals surface area (Å²) in [6.07, 6.45) is 8.55. The molecule has 0 radical (unpaired) electrons. The van der Waals surface area contributed by atoms with Crippen molar-refractivity contribution in [2.45, 2.75) is 50.1 Å². The van der Waals surface area contributed by atoms with Crippen LogP contribution in [0.25, 0.3) is 0 Å². The number of ether oxygens (including phenoxy) is 1. The van der Waals surface area contributed by atoms with Gasteiger partial charge in [0, 0.05) is 39.3 Å². The highest BCUT2D eigenvalue weighted by atomic mass is 16.5. The van der Waals surface area contributed by atoms with Crippen LogP contribution in [0, 0.1) is 11.8 Å². The molecule has 2 fully saturated rings. The molecule has 4 heterocycles. The number of rotatable bonds is 8. The lowest BCUT2D eigenvalue weighted by Crippen LogP contribution is -2.56. The number of fused-ring (bicyclic) bond motifs is 2. The summed E-state index contributed by atoms with van der Waals surface area (Å²) in [5.74, 6) is -2.22. The molecule has 1 spiro atoms. The summed E-state index contributed by atoms with van der Waals surface area (Å²) in [6, 6.07) is 18.7. The highest BCUT2D eigenvalue weighted by molar-refractivity contribution is 6.00. The molecule has 4 aliphatic rings. The first-order chi connectivity index (χ1) is 19.9. The van der Waals surface area contributed by atoms with Gasteiger partial charge in [0.25, 0.3) is 0 Å². The molecule has 8 heteroatoms. The molecule has 5 atom stereocenters. The number of hydrogen-bond donors (Lipinski definition) is 1. The third-order valence-corrected chi connectivity index (χ3v) is 9.10. The topological polar surface area (TPSA) is 90.4 Å². The fourth-order valence-electron chi connectivity index (χ4n) is 7.23. The summed E-state index contributed by atoms with van der Waals surface area (Å²) in [4.78, 5) is 48.3. The van der Waals surface area contributed by atoms with Crippen LogP contribution in [0.4, 0.5) is 0 Å². The Morgan fingerprint density at radius 2 is 1.39 bits per heavy atom. The molecule has 6 rings (SSSR count). The number of aliphatic hydroxyl groups excluding tert-OH is 1. The number of carbonyl (C=O) groups excluding carboxylic acids is 3. The molecule has 2 aromatic rings. The van der Waals surface area contributed by atoms with Gasteiger partial charge >= 0.3 is 0 Å². The molecule has 0 aromatic heterocycles. The zero-order chi connectivity index (χ0) is 28.6. The van der Waals surface area contributed by atoms with Gasteiger partial charge in [-0.2, -0.15) is 0 Å². The molecular formula is C33H37N3O5. The number of nitrogens with zero attached hydrogens (tertiary/aromatic N) is 3. The maximum Gasteiger partial charge on any atom is 0.249 e. The van der Waals surface area contributed by atoms with Crippen LogP contribution in [0.1, 0.15) is 30.9 Å². The maximum absolute atomic E-state index is 14.4. The molecule has 4 aliphatic heterocycles.